The third kappa shape index (κ3) is 2.40. The summed E-state index contributed by atoms with van der Waals surface area (Å²) in [4.78, 5) is 19.8. The molecule has 3 rings (SSSR count). The number of rotatable bonds is 3. The van der Waals surface area contributed by atoms with Gasteiger partial charge in [0.2, 0.25) is 0 Å². The number of imidazole rings is 1. The van der Waals surface area contributed by atoms with Crippen LogP contribution in [-0.4, -0.2) is 15.9 Å². The molecule has 100 valence electrons. The van der Waals surface area contributed by atoms with E-state index >= 15 is 0 Å². The van der Waals surface area contributed by atoms with E-state index in [0.29, 0.717) is 5.56 Å². The van der Waals surface area contributed by atoms with Gasteiger partial charge in [0.25, 0.3) is 5.91 Å². The molecule has 2 aromatic carbocycles. The van der Waals surface area contributed by atoms with Crippen LogP contribution in [-0.2, 0) is 0 Å². The van der Waals surface area contributed by atoms with Crippen molar-refractivity contribution in [3.8, 4) is 0 Å². The first-order chi connectivity index (χ1) is 9.74. The molecule has 0 fully saturated rings. The predicted octanol–water partition coefficient (Wildman–Crippen LogP) is 3.05. The van der Waals surface area contributed by atoms with E-state index in [1.807, 2.05) is 49.4 Å². The van der Waals surface area contributed by atoms with Gasteiger partial charge < -0.3 is 10.3 Å². The lowest BCUT2D eigenvalue weighted by atomic mass is 10.2. The molecule has 4 heteroatoms. The Labute approximate surface area is 116 Å². The van der Waals surface area contributed by atoms with Crippen LogP contribution in [0.1, 0.15) is 29.1 Å². The lowest BCUT2D eigenvalue weighted by Crippen LogP contribution is -2.27. The van der Waals surface area contributed by atoms with Crippen molar-refractivity contribution in [1.82, 2.24) is 15.3 Å². The number of para-hydroxylation sites is 2. The second-order valence-electron chi connectivity index (χ2n) is 4.70. The Bertz CT molecular complexity index is 701. The summed E-state index contributed by atoms with van der Waals surface area (Å²) in [5, 5.41) is 2.94. The highest BCUT2D eigenvalue weighted by atomic mass is 16.1. The molecule has 1 aromatic heterocycles. The van der Waals surface area contributed by atoms with E-state index in [4.69, 9.17) is 0 Å². The first-order valence-electron chi connectivity index (χ1n) is 6.54. The molecule has 0 bridgehead atoms. The summed E-state index contributed by atoms with van der Waals surface area (Å²) in [6, 6.07) is 16.8. The summed E-state index contributed by atoms with van der Waals surface area (Å²) in [6.07, 6.45) is 0. The van der Waals surface area contributed by atoms with E-state index in [9.17, 15) is 4.79 Å². The van der Waals surface area contributed by atoms with E-state index in [2.05, 4.69) is 15.3 Å². The molecule has 1 atom stereocenters. The standard InChI is InChI=1S/C16H15N3O/c1-11(17-16(20)12-7-3-2-4-8-12)15-18-13-9-5-6-10-14(13)19-15/h2-11H,1H3,(H,17,20)(H,18,19)/t11-/m0/s1. The van der Waals surface area contributed by atoms with Crippen molar-refractivity contribution in [3.05, 3.63) is 66.0 Å². The summed E-state index contributed by atoms with van der Waals surface area (Å²) in [7, 11) is 0. The highest BCUT2D eigenvalue weighted by molar-refractivity contribution is 5.94. The quantitative estimate of drug-likeness (QED) is 0.764. The van der Waals surface area contributed by atoms with Gasteiger partial charge in [-0.15, -0.1) is 0 Å². The Morgan fingerprint density at radius 1 is 1.10 bits per heavy atom. The third-order valence-electron chi connectivity index (χ3n) is 3.20. The number of fused-ring (bicyclic) bond motifs is 1. The molecule has 2 N–H and O–H groups in total. The third-order valence-corrected chi connectivity index (χ3v) is 3.20. The number of carbonyl (C=O) groups is 1. The van der Waals surface area contributed by atoms with Gasteiger partial charge in [0.1, 0.15) is 5.82 Å². The summed E-state index contributed by atoms with van der Waals surface area (Å²) < 4.78 is 0. The molecule has 0 radical (unpaired) electrons. The molecular weight excluding hydrogens is 250 g/mol. The van der Waals surface area contributed by atoms with Crippen molar-refractivity contribution in [3.63, 3.8) is 0 Å². The number of aromatic nitrogens is 2. The molecule has 0 aliphatic carbocycles. The number of carbonyl (C=O) groups excluding carboxylic acids is 1. The molecule has 0 unspecified atom stereocenters. The molecule has 0 aliphatic heterocycles. The largest absolute Gasteiger partial charge is 0.342 e. The summed E-state index contributed by atoms with van der Waals surface area (Å²) in [5.74, 6) is 0.661. The topological polar surface area (TPSA) is 57.8 Å². The average molecular weight is 265 g/mol. The lowest BCUT2D eigenvalue weighted by molar-refractivity contribution is 0.0938. The number of hydrogen-bond donors (Lipinski definition) is 2. The number of H-pyrrole nitrogens is 1. The van der Waals surface area contributed by atoms with Crippen molar-refractivity contribution in [2.24, 2.45) is 0 Å². The zero-order chi connectivity index (χ0) is 13.9. The van der Waals surface area contributed by atoms with Crippen LogP contribution in [0.4, 0.5) is 0 Å². The molecule has 0 aliphatic rings. The van der Waals surface area contributed by atoms with Crippen LogP contribution in [0.2, 0.25) is 0 Å². The van der Waals surface area contributed by atoms with Gasteiger partial charge in [-0.3, -0.25) is 4.79 Å². The average Bonchev–Trinajstić information content (AvgIpc) is 2.92. The highest BCUT2D eigenvalue weighted by Crippen LogP contribution is 2.15. The maximum absolute atomic E-state index is 12.1. The number of amides is 1. The number of nitrogens with zero attached hydrogens (tertiary/aromatic N) is 1. The van der Waals surface area contributed by atoms with Crippen LogP contribution in [0.25, 0.3) is 11.0 Å². The van der Waals surface area contributed by atoms with Gasteiger partial charge in [-0.2, -0.15) is 0 Å². The Morgan fingerprint density at radius 3 is 2.55 bits per heavy atom. The fraction of sp³-hybridized carbons (Fsp3) is 0.125. The monoisotopic (exact) mass is 265 g/mol. The molecule has 0 saturated heterocycles. The Morgan fingerprint density at radius 2 is 1.80 bits per heavy atom. The van der Waals surface area contributed by atoms with E-state index in [-0.39, 0.29) is 11.9 Å². The zero-order valence-corrected chi connectivity index (χ0v) is 11.1. The van der Waals surface area contributed by atoms with Gasteiger partial charge in [0.05, 0.1) is 17.1 Å². The van der Waals surface area contributed by atoms with Crippen LogP contribution >= 0.6 is 0 Å². The van der Waals surface area contributed by atoms with Crippen molar-refractivity contribution >= 4 is 16.9 Å². The first kappa shape index (κ1) is 12.4. The molecule has 0 spiro atoms. The first-order valence-corrected chi connectivity index (χ1v) is 6.54. The summed E-state index contributed by atoms with van der Waals surface area (Å²) >= 11 is 0. The minimum absolute atomic E-state index is 0.0986. The number of nitrogens with one attached hydrogen (secondary N) is 2. The van der Waals surface area contributed by atoms with Gasteiger partial charge in [-0.25, -0.2) is 4.98 Å². The predicted molar refractivity (Wildman–Crippen MR) is 78.4 cm³/mol. The molecular formula is C16H15N3O. The van der Waals surface area contributed by atoms with Crippen molar-refractivity contribution in [2.75, 3.05) is 0 Å². The number of benzene rings is 2. The maximum Gasteiger partial charge on any atom is 0.251 e. The normalized spacial score (nSPS) is 12.2. The second kappa shape index (κ2) is 5.17. The van der Waals surface area contributed by atoms with Crippen LogP contribution in [0.3, 0.4) is 0 Å². The van der Waals surface area contributed by atoms with E-state index in [0.717, 1.165) is 16.9 Å². The van der Waals surface area contributed by atoms with Gasteiger partial charge in [0.15, 0.2) is 0 Å². The second-order valence-corrected chi connectivity index (χ2v) is 4.70. The SMILES string of the molecule is C[C@H](NC(=O)c1ccccc1)c1nc2ccccc2[nH]1. The van der Waals surface area contributed by atoms with Crippen molar-refractivity contribution < 1.29 is 4.79 Å². The Hall–Kier alpha value is -2.62. The number of aromatic amines is 1. The molecule has 1 heterocycles. The zero-order valence-electron chi connectivity index (χ0n) is 11.1. The van der Waals surface area contributed by atoms with Gasteiger partial charge >= 0.3 is 0 Å². The lowest BCUT2D eigenvalue weighted by Gasteiger charge is -2.11. The van der Waals surface area contributed by atoms with Crippen LogP contribution < -0.4 is 5.32 Å². The highest BCUT2D eigenvalue weighted by Gasteiger charge is 2.14. The van der Waals surface area contributed by atoms with E-state index < -0.39 is 0 Å². The molecule has 1 amide bonds. The van der Waals surface area contributed by atoms with E-state index in [1.165, 1.54) is 0 Å². The van der Waals surface area contributed by atoms with Gasteiger partial charge in [0, 0.05) is 5.56 Å². The molecule has 4 nitrogen and oxygen atoms in total. The maximum atomic E-state index is 12.1. The van der Waals surface area contributed by atoms with Crippen LogP contribution in [0.15, 0.2) is 54.6 Å². The summed E-state index contributed by atoms with van der Waals surface area (Å²) in [6.45, 7) is 1.92. The molecule has 3 aromatic rings. The van der Waals surface area contributed by atoms with E-state index in [1.54, 1.807) is 12.1 Å². The minimum atomic E-state index is -0.171. The Balaban J connectivity index is 1.79. The van der Waals surface area contributed by atoms with Crippen molar-refractivity contribution in [1.29, 1.82) is 0 Å². The van der Waals surface area contributed by atoms with Gasteiger partial charge in [-0.05, 0) is 31.2 Å². The molecule has 20 heavy (non-hydrogen) atoms. The minimum Gasteiger partial charge on any atom is -0.342 e. The summed E-state index contributed by atoms with van der Waals surface area (Å²) in [5.41, 5.74) is 2.53. The Kier molecular flexibility index (Phi) is 3.21. The fourth-order valence-corrected chi connectivity index (χ4v) is 2.12. The van der Waals surface area contributed by atoms with Crippen molar-refractivity contribution in [2.45, 2.75) is 13.0 Å². The number of hydrogen-bond acceptors (Lipinski definition) is 2. The smallest absolute Gasteiger partial charge is 0.251 e. The molecule has 0 saturated carbocycles. The van der Waals surface area contributed by atoms with Gasteiger partial charge in [-0.1, -0.05) is 30.3 Å². The van der Waals surface area contributed by atoms with Crippen LogP contribution in [0, 0.1) is 0 Å². The fourth-order valence-electron chi connectivity index (χ4n) is 2.12. The van der Waals surface area contributed by atoms with Crippen LogP contribution in [0.5, 0.6) is 0 Å².